The summed E-state index contributed by atoms with van der Waals surface area (Å²) in [6, 6.07) is 16.1. The van der Waals surface area contributed by atoms with Crippen molar-refractivity contribution in [3.05, 3.63) is 66.4 Å². The maximum absolute atomic E-state index is 12.4. The number of pyridine rings is 1. The second-order valence-electron chi connectivity index (χ2n) is 6.16. The van der Waals surface area contributed by atoms with Gasteiger partial charge in [0.1, 0.15) is 0 Å². The van der Waals surface area contributed by atoms with Gasteiger partial charge in [0.05, 0.1) is 28.8 Å². The van der Waals surface area contributed by atoms with Gasteiger partial charge in [-0.05, 0) is 42.8 Å². The molecule has 1 aliphatic heterocycles. The van der Waals surface area contributed by atoms with Crippen molar-refractivity contribution in [2.24, 2.45) is 0 Å². The number of amides is 1. The molecule has 1 aliphatic rings. The molecule has 1 fully saturated rings. The number of hydrogen-bond acceptors (Lipinski definition) is 4. The van der Waals surface area contributed by atoms with E-state index in [-0.39, 0.29) is 11.7 Å². The normalized spacial score (nSPS) is 15.9. The van der Waals surface area contributed by atoms with Crippen LogP contribution in [0.4, 0.5) is 11.4 Å². The molecular formula is C19H17N3O3S. The van der Waals surface area contributed by atoms with Crippen LogP contribution >= 0.6 is 0 Å². The smallest absolute Gasteiger partial charge is 0.255 e. The molecule has 2 heterocycles. The number of para-hydroxylation sites is 1. The van der Waals surface area contributed by atoms with Crippen LogP contribution in [0.25, 0.3) is 10.9 Å². The van der Waals surface area contributed by atoms with E-state index in [1.165, 1.54) is 4.31 Å². The molecule has 1 amide bonds. The number of sulfonamides is 1. The first-order valence-electron chi connectivity index (χ1n) is 8.30. The first kappa shape index (κ1) is 16.5. The van der Waals surface area contributed by atoms with Gasteiger partial charge in [-0.25, -0.2) is 8.42 Å². The van der Waals surface area contributed by atoms with Gasteiger partial charge in [0, 0.05) is 17.5 Å². The summed E-state index contributed by atoms with van der Waals surface area (Å²) in [5.41, 5.74) is 2.52. The van der Waals surface area contributed by atoms with Gasteiger partial charge in [-0.15, -0.1) is 0 Å². The van der Waals surface area contributed by atoms with Crippen molar-refractivity contribution < 1.29 is 13.2 Å². The number of fused-ring (bicyclic) bond motifs is 1. The average molecular weight is 367 g/mol. The van der Waals surface area contributed by atoms with Crippen molar-refractivity contribution in [3.8, 4) is 0 Å². The Balaban J connectivity index is 1.52. The molecule has 0 atom stereocenters. The van der Waals surface area contributed by atoms with Crippen LogP contribution in [-0.2, 0) is 10.0 Å². The third kappa shape index (κ3) is 3.13. The standard InChI is InChI=1S/C19H17N3O3S/c23-19(21-16-12-15-4-1-2-5-18(15)20-13-16)14-6-8-17(9-7-14)22-10-3-11-26(22,24)25/h1-2,4-9,12-13H,3,10-11H2,(H,21,23). The zero-order valence-corrected chi connectivity index (χ0v) is 14.7. The van der Waals surface area contributed by atoms with Crippen LogP contribution in [-0.4, -0.2) is 31.6 Å². The Hall–Kier alpha value is -2.93. The molecule has 0 spiro atoms. The summed E-state index contributed by atoms with van der Waals surface area (Å²) in [7, 11) is -3.22. The van der Waals surface area contributed by atoms with Crippen LogP contribution in [0, 0.1) is 0 Å². The number of aromatic nitrogens is 1. The minimum atomic E-state index is -3.22. The lowest BCUT2D eigenvalue weighted by Gasteiger charge is -2.17. The fraction of sp³-hybridized carbons (Fsp3) is 0.158. The molecule has 1 saturated heterocycles. The SMILES string of the molecule is O=C(Nc1cnc2ccccc2c1)c1ccc(N2CCCS2(=O)=O)cc1. The van der Waals surface area contributed by atoms with Crippen LogP contribution < -0.4 is 9.62 Å². The zero-order chi connectivity index (χ0) is 18.1. The second-order valence-corrected chi connectivity index (χ2v) is 8.17. The highest BCUT2D eigenvalue weighted by Crippen LogP contribution is 2.24. The Labute approximate surface area is 151 Å². The number of carbonyl (C=O) groups excluding carboxylic acids is 1. The molecule has 1 N–H and O–H groups in total. The minimum Gasteiger partial charge on any atom is -0.321 e. The monoisotopic (exact) mass is 367 g/mol. The predicted molar refractivity (Wildman–Crippen MR) is 102 cm³/mol. The van der Waals surface area contributed by atoms with Gasteiger partial charge in [-0.2, -0.15) is 0 Å². The van der Waals surface area contributed by atoms with E-state index in [2.05, 4.69) is 10.3 Å². The number of nitrogens with one attached hydrogen (secondary N) is 1. The Morgan fingerprint density at radius 1 is 1.08 bits per heavy atom. The van der Waals surface area contributed by atoms with Crippen LogP contribution in [0.15, 0.2) is 60.8 Å². The summed E-state index contributed by atoms with van der Waals surface area (Å²) >= 11 is 0. The second kappa shape index (κ2) is 6.42. The Morgan fingerprint density at radius 2 is 1.85 bits per heavy atom. The highest BCUT2D eigenvalue weighted by molar-refractivity contribution is 7.93. The van der Waals surface area contributed by atoms with E-state index in [4.69, 9.17) is 0 Å². The Morgan fingerprint density at radius 3 is 2.58 bits per heavy atom. The molecule has 4 rings (SSSR count). The van der Waals surface area contributed by atoms with E-state index in [9.17, 15) is 13.2 Å². The molecule has 7 heteroatoms. The fourth-order valence-electron chi connectivity index (χ4n) is 3.05. The van der Waals surface area contributed by atoms with Gasteiger partial charge in [0.25, 0.3) is 5.91 Å². The maximum Gasteiger partial charge on any atom is 0.255 e. The molecule has 132 valence electrons. The Bertz CT molecular complexity index is 1080. The van der Waals surface area contributed by atoms with Crippen molar-refractivity contribution in [2.75, 3.05) is 21.9 Å². The summed E-state index contributed by atoms with van der Waals surface area (Å²) in [5, 5.41) is 3.77. The topological polar surface area (TPSA) is 79.4 Å². The summed E-state index contributed by atoms with van der Waals surface area (Å²) < 4.78 is 25.3. The van der Waals surface area contributed by atoms with Crippen LogP contribution in [0.2, 0.25) is 0 Å². The van der Waals surface area contributed by atoms with E-state index in [0.29, 0.717) is 29.9 Å². The summed E-state index contributed by atoms with van der Waals surface area (Å²) in [6.45, 7) is 0.483. The van der Waals surface area contributed by atoms with Crippen LogP contribution in [0.5, 0.6) is 0 Å². The zero-order valence-electron chi connectivity index (χ0n) is 13.9. The molecule has 0 aliphatic carbocycles. The van der Waals surface area contributed by atoms with Crippen molar-refractivity contribution in [2.45, 2.75) is 6.42 Å². The van der Waals surface area contributed by atoms with Gasteiger partial charge in [-0.3, -0.25) is 14.1 Å². The summed E-state index contributed by atoms with van der Waals surface area (Å²) in [4.78, 5) is 16.8. The lowest BCUT2D eigenvalue weighted by Crippen LogP contribution is -2.25. The van der Waals surface area contributed by atoms with Crippen molar-refractivity contribution in [1.29, 1.82) is 0 Å². The molecule has 0 saturated carbocycles. The van der Waals surface area contributed by atoms with Crippen LogP contribution in [0.1, 0.15) is 16.8 Å². The highest BCUT2D eigenvalue weighted by Gasteiger charge is 2.28. The largest absolute Gasteiger partial charge is 0.321 e. The average Bonchev–Trinajstić information content (AvgIpc) is 3.01. The molecule has 0 radical (unpaired) electrons. The van der Waals surface area contributed by atoms with E-state index in [0.717, 1.165) is 10.9 Å². The van der Waals surface area contributed by atoms with E-state index >= 15 is 0 Å². The number of hydrogen-bond donors (Lipinski definition) is 1. The third-order valence-corrected chi connectivity index (χ3v) is 6.23. The third-order valence-electron chi connectivity index (χ3n) is 4.37. The molecule has 26 heavy (non-hydrogen) atoms. The molecule has 0 unspecified atom stereocenters. The first-order chi connectivity index (χ1) is 12.5. The quantitative estimate of drug-likeness (QED) is 0.772. The lowest BCUT2D eigenvalue weighted by atomic mass is 10.1. The number of nitrogens with zero attached hydrogens (tertiary/aromatic N) is 2. The molecular weight excluding hydrogens is 350 g/mol. The van der Waals surface area contributed by atoms with Crippen LogP contribution in [0.3, 0.4) is 0 Å². The lowest BCUT2D eigenvalue weighted by molar-refractivity contribution is 0.102. The minimum absolute atomic E-state index is 0.171. The Kier molecular flexibility index (Phi) is 4.08. The van der Waals surface area contributed by atoms with Gasteiger partial charge < -0.3 is 5.32 Å². The van der Waals surface area contributed by atoms with E-state index in [1.807, 2.05) is 30.3 Å². The van der Waals surface area contributed by atoms with Crippen molar-refractivity contribution in [3.63, 3.8) is 0 Å². The first-order valence-corrected chi connectivity index (χ1v) is 9.90. The number of carbonyl (C=O) groups is 1. The van der Waals surface area contributed by atoms with E-state index < -0.39 is 10.0 Å². The molecule has 6 nitrogen and oxygen atoms in total. The molecule has 2 aromatic carbocycles. The van der Waals surface area contributed by atoms with Gasteiger partial charge in [0.2, 0.25) is 10.0 Å². The van der Waals surface area contributed by atoms with Crippen molar-refractivity contribution in [1.82, 2.24) is 4.98 Å². The molecule has 1 aromatic heterocycles. The van der Waals surface area contributed by atoms with Gasteiger partial charge in [0.15, 0.2) is 0 Å². The molecule has 0 bridgehead atoms. The number of anilines is 2. The summed E-state index contributed by atoms with van der Waals surface area (Å²) in [6.07, 6.45) is 2.24. The highest BCUT2D eigenvalue weighted by atomic mass is 32.2. The predicted octanol–water partition coefficient (Wildman–Crippen LogP) is 3.03. The van der Waals surface area contributed by atoms with Gasteiger partial charge in [-0.1, -0.05) is 18.2 Å². The van der Waals surface area contributed by atoms with Crippen molar-refractivity contribution >= 4 is 38.2 Å². The fourth-order valence-corrected chi connectivity index (χ4v) is 4.62. The van der Waals surface area contributed by atoms with E-state index in [1.54, 1.807) is 30.5 Å². The number of benzene rings is 2. The number of rotatable bonds is 3. The molecule has 3 aromatic rings. The summed E-state index contributed by atoms with van der Waals surface area (Å²) in [5.74, 6) is -0.0950. The van der Waals surface area contributed by atoms with Gasteiger partial charge >= 0.3 is 0 Å². The maximum atomic E-state index is 12.4.